The minimum Gasteiger partial charge on any atom is -0.360 e. The zero-order chi connectivity index (χ0) is 19.6. The maximum atomic E-state index is 12.9. The third-order valence-corrected chi connectivity index (χ3v) is 6.90. The number of nitrogens with one attached hydrogen (secondary N) is 1. The maximum Gasteiger partial charge on any atom is 0.243 e. The lowest BCUT2D eigenvalue weighted by Gasteiger charge is -2.33. The molecule has 10 heteroatoms. The molecule has 27 heavy (non-hydrogen) atoms. The SMILES string of the molecule is Cc1cc(NC(=O)CN2CCN(S(=O)(=O)c3cc(Br)ccc3C)CC2)no1. The topological polar surface area (TPSA) is 95.8 Å². The van der Waals surface area contributed by atoms with Crippen molar-refractivity contribution in [2.75, 3.05) is 38.0 Å². The van der Waals surface area contributed by atoms with Gasteiger partial charge in [0.15, 0.2) is 5.82 Å². The molecule has 3 rings (SSSR count). The van der Waals surface area contributed by atoms with Crippen molar-refractivity contribution in [1.29, 1.82) is 0 Å². The predicted molar refractivity (Wildman–Crippen MR) is 104 cm³/mol. The van der Waals surface area contributed by atoms with Crippen LogP contribution in [-0.4, -0.2) is 61.4 Å². The summed E-state index contributed by atoms with van der Waals surface area (Å²) < 4.78 is 33.0. The van der Waals surface area contributed by atoms with Crippen LogP contribution in [0.3, 0.4) is 0 Å². The van der Waals surface area contributed by atoms with E-state index in [0.717, 1.165) is 4.47 Å². The number of anilines is 1. The molecule has 1 amide bonds. The number of hydrogen-bond donors (Lipinski definition) is 1. The molecule has 1 saturated heterocycles. The molecule has 1 aromatic carbocycles. The van der Waals surface area contributed by atoms with E-state index >= 15 is 0 Å². The number of hydrogen-bond acceptors (Lipinski definition) is 6. The van der Waals surface area contributed by atoms with Gasteiger partial charge in [0.05, 0.1) is 11.4 Å². The second kappa shape index (κ2) is 8.09. The van der Waals surface area contributed by atoms with Crippen molar-refractivity contribution in [3.63, 3.8) is 0 Å². The van der Waals surface area contributed by atoms with Crippen LogP contribution in [-0.2, 0) is 14.8 Å². The number of aryl methyl sites for hydroxylation is 2. The first-order valence-corrected chi connectivity index (χ1v) is 10.7. The second-order valence-corrected chi connectivity index (χ2v) is 9.28. The van der Waals surface area contributed by atoms with Crippen molar-refractivity contribution >= 4 is 37.7 Å². The lowest BCUT2D eigenvalue weighted by atomic mass is 10.2. The monoisotopic (exact) mass is 456 g/mol. The van der Waals surface area contributed by atoms with Gasteiger partial charge in [-0.15, -0.1) is 0 Å². The number of rotatable bonds is 5. The molecule has 2 aromatic rings. The number of nitrogens with zero attached hydrogens (tertiary/aromatic N) is 3. The molecule has 1 aliphatic rings. The van der Waals surface area contributed by atoms with Gasteiger partial charge in [-0.05, 0) is 31.5 Å². The number of sulfonamides is 1. The Bertz CT molecular complexity index is 936. The van der Waals surface area contributed by atoms with Crippen LogP contribution in [0.2, 0.25) is 0 Å². The normalized spacial score (nSPS) is 16.4. The molecule has 2 heterocycles. The minimum atomic E-state index is -3.56. The molecule has 1 fully saturated rings. The summed E-state index contributed by atoms with van der Waals surface area (Å²) in [6, 6.07) is 6.87. The molecule has 0 spiro atoms. The van der Waals surface area contributed by atoms with Crippen LogP contribution in [0.1, 0.15) is 11.3 Å². The number of carbonyl (C=O) groups excluding carboxylic acids is 1. The van der Waals surface area contributed by atoms with Crippen LogP contribution in [0.5, 0.6) is 0 Å². The molecular weight excluding hydrogens is 436 g/mol. The number of amides is 1. The number of aromatic nitrogens is 1. The van der Waals surface area contributed by atoms with E-state index in [1.807, 2.05) is 11.0 Å². The summed E-state index contributed by atoms with van der Waals surface area (Å²) in [6.07, 6.45) is 0. The molecule has 146 valence electrons. The van der Waals surface area contributed by atoms with Crippen LogP contribution in [0.4, 0.5) is 5.82 Å². The Hall–Kier alpha value is -1.75. The average Bonchev–Trinajstić information content (AvgIpc) is 3.02. The van der Waals surface area contributed by atoms with Crippen molar-refractivity contribution in [3.8, 4) is 0 Å². The van der Waals surface area contributed by atoms with Gasteiger partial charge in [0.1, 0.15) is 5.76 Å². The Morgan fingerprint density at radius 1 is 1.22 bits per heavy atom. The fourth-order valence-corrected chi connectivity index (χ4v) is 5.12. The van der Waals surface area contributed by atoms with Crippen molar-refractivity contribution in [3.05, 3.63) is 40.1 Å². The van der Waals surface area contributed by atoms with Gasteiger partial charge in [-0.1, -0.05) is 27.2 Å². The molecule has 0 bridgehead atoms. The van der Waals surface area contributed by atoms with E-state index in [-0.39, 0.29) is 12.5 Å². The van der Waals surface area contributed by atoms with E-state index in [9.17, 15) is 13.2 Å². The third kappa shape index (κ3) is 4.75. The first kappa shape index (κ1) is 20.0. The van der Waals surface area contributed by atoms with E-state index in [0.29, 0.717) is 48.2 Å². The van der Waals surface area contributed by atoms with E-state index in [1.54, 1.807) is 32.0 Å². The summed E-state index contributed by atoms with van der Waals surface area (Å²) >= 11 is 3.33. The smallest absolute Gasteiger partial charge is 0.243 e. The highest BCUT2D eigenvalue weighted by Gasteiger charge is 2.30. The lowest BCUT2D eigenvalue weighted by molar-refractivity contribution is -0.117. The molecule has 1 aromatic heterocycles. The molecule has 1 aliphatic heterocycles. The molecule has 0 unspecified atom stereocenters. The van der Waals surface area contributed by atoms with E-state index in [4.69, 9.17) is 4.52 Å². The Kier molecular flexibility index (Phi) is 5.99. The van der Waals surface area contributed by atoms with Gasteiger partial charge in [0, 0.05) is 36.7 Å². The van der Waals surface area contributed by atoms with Crippen LogP contribution in [0, 0.1) is 13.8 Å². The molecule has 0 saturated carbocycles. The first-order chi connectivity index (χ1) is 12.8. The van der Waals surface area contributed by atoms with Crippen molar-refractivity contribution in [2.45, 2.75) is 18.7 Å². The Morgan fingerprint density at radius 2 is 1.93 bits per heavy atom. The summed E-state index contributed by atoms with van der Waals surface area (Å²) in [5, 5.41) is 6.39. The van der Waals surface area contributed by atoms with Gasteiger partial charge < -0.3 is 9.84 Å². The van der Waals surface area contributed by atoms with Crippen LogP contribution >= 0.6 is 15.9 Å². The fourth-order valence-electron chi connectivity index (χ4n) is 2.93. The van der Waals surface area contributed by atoms with Gasteiger partial charge in [0.2, 0.25) is 15.9 Å². The van der Waals surface area contributed by atoms with Crippen LogP contribution in [0.15, 0.2) is 38.2 Å². The average molecular weight is 457 g/mol. The number of benzene rings is 1. The molecule has 1 N–H and O–H groups in total. The number of piperazine rings is 1. The van der Waals surface area contributed by atoms with E-state index in [2.05, 4.69) is 26.4 Å². The summed E-state index contributed by atoms with van der Waals surface area (Å²) in [4.78, 5) is 14.3. The third-order valence-electron chi connectivity index (χ3n) is 4.36. The largest absolute Gasteiger partial charge is 0.360 e. The predicted octanol–water partition coefficient (Wildman–Crippen LogP) is 2.00. The summed E-state index contributed by atoms with van der Waals surface area (Å²) in [5.41, 5.74) is 0.711. The number of halogens is 1. The van der Waals surface area contributed by atoms with Crippen molar-refractivity contribution < 1.29 is 17.7 Å². The number of carbonyl (C=O) groups is 1. The molecule has 0 aliphatic carbocycles. The quantitative estimate of drug-likeness (QED) is 0.738. The lowest BCUT2D eigenvalue weighted by Crippen LogP contribution is -2.50. The van der Waals surface area contributed by atoms with Crippen molar-refractivity contribution in [1.82, 2.24) is 14.4 Å². The molecule has 8 nitrogen and oxygen atoms in total. The van der Waals surface area contributed by atoms with Crippen LogP contribution < -0.4 is 5.32 Å². The second-order valence-electron chi connectivity index (χ2n) is 6.46. The Labute approximate surface area is 166 Å². The Morgan fingerprint density at radius 3 is 2.56 bits per heavy atom. The Balaban J connectivity index is 1.58. The molecule has 0 radical (unpaired) electrons. The standard InChI is InChI=1S/C17H21BrN4O4S/c1-12-3-4-14(18)10-15(12)27(24,25)22-7-5-21(6-8-22)11-17(23)19-16-9-13(2)26-20-16/h3-4,9-10H,5-8,11H2,1-2H3,(H,19,20,23). The summed E-state index contributed by atoms with van der Waals surface area (Å²) in [5.74, 6) is 0.790. The van der Waals surface area contributed by atoms with Gasteiger partial charge in [-0.2, -0.15) is 4.31 Å². The highest BCUT2D eigenvalue weighted by atomic mass is 79.9. The maximum absolute atomic E-state index is 12.9. The zero-order valence-electron chi connectivity index (χ0n) is 15.1. The van der Waals surface area contributed by atoms with Gasteiger partial charge in [-0.3, -0.25) is 9.69 Å². The highest BCUT2D eigenvalue weighted by molar-refractivity contribution is 9.10. The van der Waals surface area contributed by atoms with Gasteiger partial charge in [0.25, 0.3) is 0 Å². The molecule has 0 atom stereocenters. The highest BCUT2D eigenvalue weighted by Crippen LogP contribution is 2.24. The van der Waals surface area contributed by atoms with Crippen molar-refractivity contribution in [2.24, 2.45) is 0 Å². The van der Waals surface area contributed by atoms with E-state index in [1.165, 1.54) is 4.31 Å². The van der Waals surface area contributed by atoms with Crippen LogP contribution in [0.25, 0.3) is 0 Å². The first-order valence-electron chi connectivity index (χ1n) is 8.47. The summed E-state index contributed by atoms with van der Waals surface area (Å²) in [7, 11) is -3.56. The van der Waals surface area contributed by atoms with Gasteiger partial charge in [-0.25, -0.2) is 8.42 Å². The summed E-state index contributed by atoms with van der Waals surface area (Å²) in [6.45, 7) is 5.35. The van der Waals surface area contributed by atoms with Gasteiger partial charge >= 0.3 is 0 Å². The molecular formula is C17H21BrN4O4S. The minimum absolute atomic E-state index is 0.176. The van der Waals surface area contributed by atoms with E-state index < -0.39 is 10.0 Å². The zero-order valence-corrected chi connectivity index (χ0v) is 17.5. The fraction of sp³-hybridized carbons (Fsp3) is 0.412.